The van der Waals surface area contributed by atoms with Crippen LogP contribution in [0.1, 0.15) is 48.1 Å². The van der Waals surface area contributed by atoms with Crippen LogP contribution >= 0.6 is 0 Å². The molecule has 0 saturated heterocycles. The van der Waals surface area contributed by atoms with Gasteiger partial charge < -0.3 is 5.32 Å². The maximum Gasteiger partial charge on any atom is 0.241 e. The van der Waals surface area contributed by atoms with Gasteiger partial charge in [0.05, 0.1) is 5.69 Å². The Morgan fingerprint density at radius 3 is 2.65 bits per heavy atom. The molecule has 23 heavy (non-hydrogen) atoms. The monoisotopic (exact) mass is 311 g/mol. The standard InChI is InChI=1S/C19H25N3O/c1-15-8-10-16(11-9-15)12-20-19(23)14-22-13-17-6-4-2-3-5-7-18(17)21-22/h8-11,13H,2-7,12,14H2,1H3,(H,20,23). The van der Waals surface area contributed by atoms with Crippen LogP contribution in [0.3, 0.4) is 0 Å². The van der Waals surface area contributed by atoms with E-state index in [4.69, 9.17) is 0 Å². The summed E-state index contributed by atoms with van der Waals surface area (Å²) in [5.74, 6) is 0.0149. The van der Waals surface area contributed by atoms with Crippen LogP contribution < -0.4 is 5.32 Å². The molecule has 0 aliphatic heterocycles. The topological polar surface area (TPSA) is 46.9 Å². The molecule has 2 aromatic rings. The number of benzene rings is 1. The smallest absolute Gasteiger partial charge is 0.241 e. The summed E-state index contributed by atoms with van der Waals surface area (Å²) in [6.45, 7) is 2.94. The molecule has 0 fully saturated rings. The zero-order valence-corrected chi connectivity index (χ0v) is 13.8. The van der Waals surface area contributed by atoms with Gasteiger partial charge in [-0.1, -0.05) is 42.7 Å². The van der Waals surface area contributed by atoms with Crippen LogP contribution in [0.2, 0.25) is 0 Å². The van der Waals surface area contributed by atoms with Crippen molar-refractivity contribution in [1.82, 2.24) is 15.1 Å². The predicted molar refractivity (Wildman–Crippen MR) is 91.1 cm³/mol. The summed E-state index contributed by atoms with van der Waals surface area (Å²) in [7, 11) is 0. The minimum absolute atomic E-state index is 0.0149. The Kier molecular flexibility index (Phi) is 5.11. The highest BCUT2D eigenvalue weighted by molar-refractivity contribution is 5.75. The van der Waals surface area contributed by atoms with Crippen molar-refractivity contribution in [2.45, 2.75) is 58.5 Å². The average Bonchev–Trinajstić information content (AvgIpc) is 2.88. The first-order valence-corrected chi connectivity index (χ1v) is 8.58. The number of nitrogens with one attached hydrogen (secondary N) is 1. The maximum absolute atomic E-state index is 12.1. The van der Waals surface area contributed by atoms with Crippen molar-refractivity contribution in [2.24, 2.45) is 0 Å². The van der Waals surface area contributed by atoms with Crippen molar-refractivity contribution in [3.05, 3.63) is 52.8 Å². The van der Waals surface area contributed by atoms with E-state index in [1.807, 2.05) is 0 Å². The Bertz CT molecular complexity index is 632. The van der Waals surface area contributed by atoms with Crippen molar-refractivity contribution in [3.8, 4) is 0 Å². The third-order valence-corrected chi connectivity index (χ3v) is 4.45. The Hall–Kier alpha value is -2.10. The summed E-state index contributed by atoms with van der Waals surface area (Å²) in [5.41, 5.74) is 4.87. The molecule has 122 valence electrons. The summed E-state index contributed by atoms with van der Waals surface area (Å²) < 4.78 is 1.81. The van der Waals surface area contributed by atoms with E-state index in [-0.39, 0.29) is 5.91 Å². The lowest BCUT2D eigenvalue weighted by Crippen LogP contribution is -2.27. The Balaban J connectivity index is 1.55. The third kappa shape index (κ3) is 4.44. The molecule has 0 radical (unpaired) electrons. The van der Waals surface area contributed by atoms with Crippen molar-refractivity contribution in [3.63, 3.8) is 0 Å². The Morgan fingerprint density at radius 2 is 1.87 bits per heavy atom. The molecule has 0 spiro atoms. The first-order valence-electron chi connectivity index (χ1n) is 8.58. The van der Waals surface area contributed by atoms with E-state index < -0.39 is 0 Å². The van der Waals surface area contributed by atoms with E-state index in [1.165, 1.54) is 42.5 Å². The lowest BCUT2D eigenvalue weighted by Gasteiger charge is -2.06. The maximum atomic E-state index is 12.1. The van der Waals surface area contributed by atoms with Gasteiger partial charge in [0.2, 0.25) is 5.91 Å². The zero-order valence-electron chi connectivity index (χ0n) is 13.8. The number of aryl methyl sites for hydroxylation is 3. The van der Waals surface area contributed by atoms with Crippen molar-refractivity contribution in [1.29, 1.82) is 0 Å². The fraction of sp³-hybridized carbons (Fsp3) is 0.474. The van der Waals surface area contributed by atoms with Crippen LogP contribution in [0.25, 0.3) is 0 Å². The zero-order chi connectivity index (χ0) is 16.1. The second-order valence-electron chi connectivity index (χ2n) is 6.48. The van der Waals surface area contributed by atoms with Gasteiger partial charge in [-0.2, -0.15) is 5.10 Å². The van der Waals surface area contributed by atoms with E-state index in [0.29, 0.717) is 13.1 Å². The van der Waals surface area contributed by atoms with Gasteiger partial charge >= 0.3 is 0 Å². The van der Waals surface area contributed by atoms with Crippen LogP contribution in [0, 0.1) is 6.92 Å². The molecule has 1 aliphatic carbocycles. The van der Waals surface area contributed by atoms with E-state index in [0.717, 1.165) is 18.4 Å². The Labute approximate surface area is 137 Å². The van der Waals surface area contributed by atoms with Crippen LogP contribution in [0.4, 0.5) is 0 Å². The third-order valence-electron chi connectivity index (χ3n) is 4.45. The van der Waals surface area contributed by atoms with Gasteiger partial charge in [0.1, 0.15) is 6.54 Å². The number of aromatic nitrogens is 2. The summed E-state index contributed by atoms with van der Waals surface area (Å²) >= 11 is 0. The largest absolute Gasteiger partial charge is 0.350 e. The number of hydrogen-bond acceptors (Lipinski definition) is 2. The normalized spacial score (nSPS) is 14.7. The van der Waals surface area contributed by atoms with Gasteiger partial charge in [0.15, 0.2) is 0 Å². The SMILES string of the molecule is Cc1ccc(CNC(=O)Cn2cc3c(n2)CCCCCC3)cc1. The fourth-order valence-electron chi connectivity index (χ4n) is 3.07. The number of nitrogens with zero attached hydrogens (tertiary/aromatic N) is 2. The van der Waals surface area contributed by atoms with Gasteiger partial charge in [0, 0.05) is 12.7 Å². The minimum atomic E-state index is 0.0149. The van der Waals surface area contributed by atoms with Gasteiger partial charge in [-0.3, -0.25) is 9.48 Å². The molecule has 0 saturated carbocycles. The summed E-state index contributed by atoms with van der Waals surface area (Å²) in [5, 5.41) is 7.59. The molecular formula is C19H25N3O. The molecule has 0 atom stereocenters. The first-order chi connectivity index (χ1) is 11.2. The first kappa shape index (κ1) is 15.8. The number of rotatable bonds is 4. The average molecular weight is 311 g/mol. The van der Waals surface area contributed by atoms with E-state index in [9.17, 15) is 4.79 Å². The van der Waals surface area contributed by atoms with Gasteiger partial charge in [0.25, 0.3) is 0 Å². The van der Waals surface area contributed by atoms with Crippen LogP contribution in [-0.2, 0) is 30.7 Å². The molecule has 1 aromatic heterocycles. The minimum Gasteiger partial charge on any atom is -0.350 e. The highest BCUT2D eigenvalue weighted by Gasteiger charge is 2.13. The number of carbonyl (C=O) groups excluding carboxylic acids is 1. The van der Waals surface area contributed by atoms with Crippen molar-refractivity contribution in [2.75, 3.05) is 0 Å². The van der Waals surface area contributed by atoms with Gasteiger partial charge in [-0.25, -0.2) is 0 Å². The molecule has 0 bridgehead atoms. The predicted octanol–water partition coefficient (Wildman–Crippen LogP) is 3.17. The van der Waals surface area contributed by atoms with E-state index in [1.54, 1.807) is 4.68 Å². The van der Waals surface area contributed by atoms with Crippen molar-refractivity contribution < 1.29 is 4.79 Å². The number of amides is 1. The van der Waals surface area contributed by atoms with Crippen molar-refractivity contribution >= 4 is 5.91 Å². The highest BCUT2D eigenvalue weighted by Crippen LogP contribution is 2.18. The molecule has 4 nitrogen and oxygen atoms in total. The molecular weight excluding hydrogens is 286 g/mol. The summed E-state index contributed by atoms with van der Waals surface area (Å²) in [6, 6.07) is 8.23. The van der Waals surface area contributed by atoms with E-state index in [2.05, 4.69) is 47.8 Å². The van der Waals surface area contributed by atoms with Crippen LogP contribution in [0.15, 0.2) is 30.5 Å². The number of fused-ring (bicyclic) bond motifs is 1. The molecule has 0 unspecified atom stereocenters. The van der Waals surface area contributed by atoms with E-state index >= 15 is 0 Å². The Morgan fingerprint density at radius 1 is 1.13 bits per heavy atom. The highest BCUT2D eigenvalue weighted by atomic mass is 16.2. The quantitative estimate of drug-likeness (QED) is 0.943. The summed E-state index contributed by atoms with van der Waals surface area (Å²) in [6.07, 6.45) is 9.26. The molecule has 4 heteroatoms. The van der Waals surface area contributed by atoms with Gasteiger partial charge in [-0.15, -0.1) is 0 Å². The van der Waals surface area contributed by atoms with Crippen LogP contribution in [0.5, 0.6) is 0 Å². The molecule has 1 amide bonds. The molecule has 1 aromatic carbocycles. The molecule has 1 aliphatic rings. The number of hydrogen-bond donors (Lipinski definition) is 1. The fourth-order valence-corrected chi connectivity index (χ4v) is 3.07. The van der Waals surface area contributed by atoms with Crippen LogP contribution in [-0.4, -0.2) is 15.7 Å². The number of carbonyl (C=O) groups is 1. The molecule has 1 N–H and O–H groups in total. The molecule has 1 heterocycles. The summed E-state index contributed by atoms with van der Waals surface area (Å²) in [4.78, 5) is 12.1. The molecule has 3 rings (SSSR count). The lowest BCUT2D eigenvalue weighted by atomic mass is 9.99. The van der Waals surface area contributed by atoms with Gasteiger partial charge in [-0.05, 0) is 43.7 Å². The lowest BCUT2D eigenvalue weighted by molar-refractivity contribution is -0.122. The second-order valence-corrected chi connectivity index (χ2v) is 6.48. The second kappa shape index (κ2) is 7.44.